The summed E-state index contributed by atoms with van der Waals surface area (Å²) < 4.78 is 0. The zero-order chi connectivity index (χ0) is 11.6. The Morgan fingerprint density at radius 2 is 2.06 bits per heavy atom. The van der Waals surface area contributed by atoms with Crippen LogP contribution in [-0.2, 0) is 0 Å². The van der Waals surface area contributed by atoms with E-state index in [0.29, 0.717) is 5.41 Å². The first kappa shape index (κ1) is 15.3. The molecule has 0 radical (unpaired) electrons. The van der Waals surface area contributed by atoms with Crippen molar-refractivity contribution in [3.63, 3.8) is 0 Å². The van der Waals surface area contributed by atoms with Gasteiger partial charge in [-0.15, -0.1) is 12.4 Å². The topological polar surface area (TPSA) is 15.3 Å². The number of piperidine rings is 1. The van der Waals surface area contributed by atoms with E-state index in [0.717, 1.165) is 12.0 Å². The van der Waals surface area contributed by atoms with Crippen molar-refractivity contribution in [1.82, 2.24) is 10.2 Å². The fraction of sp³-hybridized carbons (Fsp3) is 1.00. The standard InChI is InChI=1S/C14H28N2.ClH/c1-14(2)7-6-13(9-14)16(3)11-12-5-4-8-15-10-12;/h12-13,15H,4-11H2,1-3H3;1H. The van der Waals surface area contributed by atoms with Crippen LogP contribution in [0.25, 0.3) is 0 Å². The number of hydrogen-bond donors (Lipinski definition) is 1. The van der Waals surface area contributed by atoms with Gasteiger partial charge < -0.3 is 10.2 Å². The predicted molar refractivity (Wildman–Crippen MR) is 76.9 cm³/mol. The summed E-state index contributed by atoms with van der Waals surface area (Å²) in [7, 11) is 2.33. The Morgan fingerprint density at radius 1 is 1.29 bits per heavy atom. The van der Waals surface area contributed by atoms with Gasteiger partial charge >= 0.3 is 0 Å². The van der Waals surface area contributed by atoms with Gasteiger partial charge in [0.15, 0.2) is 0 Å². The third-order valence-electron chi connectivity index (χ3n) is 4.51. The van der Waals surface area contributed by atoms with Gasteiger partial charge in [-0.1, -0.05) is 13.8 Å². The lowest BCUT2D eigenvalue weighted by molar-refractivity contribution is 0.180. The highest BCUT2D eigenvalue weighted by atomic mass is 35.5. The van der Waals surface area contributed by atoms with E-state index in [-0.39, 0.29) is 12.4 Å². The summed E-state index contributed by atoms with van der Waals surface area (Å²) in [6, 6.07) is 0.844. The Balaban J connectivity index is 0.00000144. The highest BCUT2D eigenvalue weighted by Gasteiger charge is 2.33. The summed E-state index contributed by atoms with van der Waals surface area (Å²) in [5.41, 5.74) is 0.587. The van der Waals surface area contributed by atoms with Gasteiger partial charge in [0, 0.05) is 12.6 Å². The zero-order valence-electron chi connectivity index (χ0n) is 11.7. The molecule has 0 aromatic heterocycles. The van der Waals surface area contributed by atoms with Gasteiger partial charge in [-0.3, -0.25) is 0 Å². The van der Waals surface area contributed by atoms with E-state index in [1.807, 2.05) is 0 Å². The fourth-order valence-electron chi connectivity index (χ4n) is 3.41. The minimum Gasteiger partial charge on any atom is -0.316 e. The molecule has 3 heteroatoms. The van der Waals surface area contributed by atoms with Crippen molar-refractivity contribution < 1.29 is 0 Å². The van der Waals surface area contributed by atoms with Crippen LogP contribution in [0, 0.1) is 11.3 Å². The van der Waals surface area contributed by atoms with E-state index in [4.69, 9.17) is 0 Å². The average molecular weight is 261 g/mol. The Bertz CT molecular complexity index is 224. The van der Waals surface area contributed by atoms with E-state index in [9.17, 15) is 0 Å². The Labute approximate surface area is 113 Å². The molecule has 1 heterocycles. The molecule has 2 fully saturated rings. The summed E-state index contributed by atoms with van der Waals surface area (Å²) in [4.78, 5) is 2.63. The third-order valence-corrected chi connectivity index (χ3v) is 4.51. The van der Waals surface area contributed by atoms with Crippen molar-refractivity contribution in [2.45, 2.75) is 52.0 Å². The quantitative estimate of drug-likeness (QED) is 0.840. The lowest BCUT2D eigenvalue weighted by atomic mass is 9.91. The van der Waals surface area contributed by atoms with Crippen LogP contribution in [0.2, 0.25) is 0 Å². The van der Waals surface area contributed by atoms with Gasteiger partial charge in [0.25, 0.3) is 0 Å². The number of hydrogen-bond acceptors (Lipinski definition) is 2. The van der Waals surface area contributed by atoms with Crippen LogP contribution in [0.4, 0.5) is 0 Å². The molecule has 0 spiro atoms. The second kappa shape index (κ2) is 6.40. The number of halogens is 1. The minimum absolute atomic E-state index is 0. The molecule has 2 aliphatic rings. The SMILES string of the molecule is CN(CC1CCCNC1)C1CCC(C)(C)C1.Cl. The molecular weight excluding hydrogens is 232 g/mol. The van der Waals surface area contributed by atoms with Crippen molar-refractivity contribution in [2.24, 2.45) is 11.3 Å². The maximum atomic E-state index is 3.52. The number of rotatable bonds is 3. The molecule has 17 heavy (non-hydrogen) atoms. The van der Waals surface area contributed by atoms with Gasteiger partial charge in [0.2, 0.25) is 0 Å². The summed E-state index contributed by atoms with van der Waals surface area (Å²) >= 11 is 0. The lowest BCUT2D eigenvalue weighted by Crippen LogP contribution is -2.40. The van der Waals surface area contributed by atoms with Crippen molar-refractivity contribution in [3.05, 3.63) is 0 Å². The fourth-order valence-corrected chi connectivity index (χ4v) is 3.41. The van der Waals surface area contributed by atoms with E-state index >= 15 is 0 Å². The van der Waals surface area contributed by atoms with Gasteiger partial charge in [-0.25, -0.2) is 0 Å². The monoisotopic (exact) mass is 260 g/mol. The Kier molecular flexibility index (Phi) is 5.75. The normalized spacial score (nSPS) is 32.5. The molecule has 2 nitrogen and oxygen atoms in total. The predicted octanol–water partition coefficient (Wildman–Crippen LogP) is 2.92. The van der Waals surface area contributed by atoms with E-state index in [1.165, 1.54) is 51.7 Å². The van der Waals surface area contributed by atoms with E-state index in [2.05, 4.69) is 31.1 Å². The van der Waals surface area contributed by atoms with Gasteiger partial charge in [-0.05, 0) is 63.6 Å². The van der Waals surface area contributed by atoms with Crippen LogP contribution in [0.5, 0.6) is 0 Å². The molecule has 0 amide bonds. The van der Waals surface area contributed by atoms with Crippen molar-refractivity contribution >= 4 is 12.4 Å². The van der Waals surface area contributed by atoms with Crippen LogP contribution in [0.3, 0.4) is 0 Å². The lowest BCUT2D eigenvalue weighted by Gasteiger charge is -2.32. The molecule has 1 aliphatic carbocycles. The molecule has 1 saturated heterocycles. The largest absolute Gasteiger partial charge is 0.316 e. The first-order valence-corrected chi connectivity index (χ1v) is 6.98. The molecule has 0 aromatic rings. The van der Waals surface area contributed by atoms with E-state index < -0.39 is 0 Å². The molecule has 1 aliphatic heterocycles. The van der Waals surface area contributed by atoms with Gasteiger partial charge in [0.1, 0.15) is 0 Å². The van der Waals surface area contributed by atoms with Crippen molar-refractivity contribution in [1.29, 1.82) is 0 Å². The second-order valence-electron chi connectivity index (χ2n) is 6.71. The van der Waals surface area contributed by atoms with Crippen LogP contribution < -0.4 is 5.32 Å². The van der Waals surface area contributed by atoms with Crippen LogP contribution in [0.15, 0.2) is 0 Å². The zero-order valence-corrected chi connectivity index (χ0v) is 12.5. The molecule has 1 saturated carbocycles. The molecule has 2 atom stereocenters. The first-order chi connectivity index (χ1) is 7.57. The maximum Gasteiger partial charge on any atom is 0.00976 e. The summed E-state index contributed by atoms with van der Waals surface area (Å²) in [5, 5.41) is 3.52. The maximum absolute atomic E-state index is 3.52. The van der Waals surface area contributed by atoms with Crippen LogP contribution >= 0.6 is 12.4 Å². The average Bonchev–Trinajstić information content (AvgIpc) is 2.60. The molecule has 1 N–H and O–H groups in total. The number of nitrogens with zero attached hydrogens (tertiary/aromatic N) is 1. The van der Waals surface area contributed by atoms with Crippen molar-refractivity contribution in [2.75, 3.05) is 26.7 Å². The minimum atomic E-state index is 0. The molecule has 102 valence electrons. The van der Waals surface area contributed by atoms with Crippen LogP contribution in [0.1, 0.15) is 46.0 Å². The Hall–Kier alpha value is 0.210. The van der Waals surface area contributed by atoms with Crippen molar-refractivity contribution in [3.8, 4) is 0 Å². The third kappa shape index (κ3) is 4.42. The van der Waals surface area contributed by atoms with Gasteiger partial charge in [-0.2, -0.15) is 0 Å². The summed E-state index contributed by atoms with van der Waals surface area (Å²) in [5.74, 6) is 0.891. The second-order valence-corrected chi connectivity index (χ2v) is 6.71. The highest BCUT2D eigenvalue weighted by molar-refractivity contribution is 5.85. The van der Waals surface area contributed by atoms with E-state index in [1.54, 1.807) is 0 Å². The highest BCUT2D eigenvalue weighted by Crippen LogP contribution is 2.39. The molecular formula is C14H29ClN2. The van der Waals surface area contributed by atoms with Gasteiger partial charge in [0.05, 0.1) is 0 Å². The molecule has 0 bridgehead atoms. The first-order valence-electron chi connectivity index (χ1n) is 6.98. The number of nitrogens with one attached hydrogen (secondary N) is 1. The smallest absolute Gasteiger partial charge is 0.00976 e. The molecule has 2 rings (SSSR count). The molecule has 0 aromatic carbocycles. The summed E-state index contributed by atoms with van der Waals surface area (Å²) in [6.07, 6.45) is 7.00. The van der Waals surface area contributed by atoms with Crippen LogP contribution in [-0.4, -0.2) is 37.6 Å². The molecule has 2 unspecified atom stereocenters. The Morgan fingerprint density at radius 3 is 2.59 bits per heavy atom. The summed E-state index contributed by atoms with van der Waals surface area (Å²) in [6.45, 7) is 8.61.